The van der Waals surface area contributed by atoms with Gasteiger partial charge < -0.3 is 4.42 Å². The van der Waals surface area contributed by atoms with Gasteiger partial charge in [0.25, 0.3) is 11.8 Å². The molecule has 30 heavy (non-hydrogen) atoms. The summed E-state index contributed by atoms with van der Waals surface area (Å²) in [5.74, 6) is -0.441. The molecule has 0 atom stereocenters. The summed E-state index contributed by atoms with van der Waals surface area (Å²) in [7, 11) is 0. The number of halogens is 1. The quantitative estimate of drug-likeness (QED) is 0.348. The Hall–Kier alpha value is -3.29. The number of nitrogens with one attached hydrogen (secondary N) is 1. The lowest BCUT2D eigenvalue weighted by molar-refractivity contribution is -0.122. The van der Waals surface area contributed by atoms with E-state index in [9.17, 15) is 14.4 Å². The molecule has 8 heteroatoms. The third-order valence-corrected chi connectivity index (χ3v) is 5.53. The maximum absolute atomic E-state index is 12.8. The van der Waals surface area contributed by atoms with Crippen LogP contribution >= 0.6 is 23.4 Å². The topological polar surface area (TPSA) is 79.6 Å². The Labute approximate surface area is 181 Å². The predicted octanol–water partition coefficient (Wildman–Crippen LogP) is 4.89. The Morgan fingerprint density at radius 2 is 1.70 bits per heavy atom. The van der Waals surface area contributed by atoms with Crippen molar-refractivity contribution >= 4 is 53.0 Å². The first-order valence-electron chi connectivity index (χ1n) is 8.95. The molecule has 150 valence electrons. The summed E-state index contributed by atoms with van der Waals surface area (Å²) >= 11 is 7.36. The summed E-state index contributed by atoms with van der Waals surface area (Å²) in [5.41, 5.74) is 1.26. The molecule has 0 unspecified atom stereocenters. The highest BCUT2D eigenvalue weighted by Crippen LogP contribution is 2.27. The first-order valence-corrected chi connectivity index (χ1v) is 10.3. The van der Waals surface area contributed by atoms with Gasteiger partial charge in [-0.15, -0.1) is 0 Å². The number of amides is 4. The molecule has 2 heterocycles. The van der Waals surface area contributed by atoms with Crippen LogP contribution in [0.15, 0.2) is 81.8 Å². The van der Waals surface area contributed by atoms with Crippen molar-refractivity contribution in [2.24, 2.45) is 0 Å². The van der Waals surface area contributed by atoms with E-state index in [-0.39, 0.29) is 5.57 Å². The number of barbiturate groups is 1. The monoisotopic (exact) mass is 438 g/mol. The molecule has 1 aromatic heterocycles. The van der Waals surface area contributed by atoms with Gasteiger partial charge in [0.1, 0.15) is 11.3 Å². The van der Waals surface area contributed by atoms with Crippen LogP contribution in [0, 0.1) is 0 Å². The fourth-order valence-electron chi connectivity index (χ4n) is 2.84. The SMILES string of the molecule is O=C1NC(=O)N(c2ccc(Cl)cc2)C(=O)/C1=C\c1ccc(SCc2ccccc2)o1. The Balaban J connectivity index is 1.54. The van der Waals surface area contributed by atoms with Crippen LogP contribution in [-0.2, 0) is 15.3 Å². The average molecular weight is 439 g/mol. The normalized spacial score (nSPS) is 15.6. The number of hydrogen-bond donors (Lipinski definition) is 1. The Morgan fingerprint density at radius 1 is 0.967 bits per heavy atom. The number of hydrogen-bond acceptors (Lipinski definition) is 5. The number of rotatable bonds is 5. The van der Waals surface area contributed by atoms with Crippen LogP contribution in [0.2, 0.25) is 5.02 Å². The fourth-order valence-corrected chi connectivity index (χ4v) is 3.79. The van der Waals surface area contributed by atoms with Crippen LogP contribution in [0.1, 0.15) is 11.3 Å². The number of nitrogens with zero attached hydrogens (tertiary/aromatic N) is 1. The van der Waals surface area contributed by atoms with Gasteiger partial charge in [-0.1, -0.05) is 53.7 Å². The van der Waals surface area contributed by atoms with Crippen molar-refractivity contribution in [2.45, 2.75) is 10.8 Å². The molecule has 1 fully saturated rings. The predicted molar refractivity (Wildman–Crippen MR) is 115 cm³/mol. The summed E-state index contributed by atoms with van der Waals surface area (Å²) < 4.78 is 5.72. The van der Waals surface area contributed by atoms with Crippen molar-refractivity contribution in [2.75, 3.05) is 4.90 Å². The molecular weight excluding hydrogens is 424 g/mol. The number of carbonyl (C=O) groups excluding carboxylic acids is 3. The van der Waals surface area contributed by atoms with Gasteiger partial charge in [0, 0.05) is 10.8 Å². The number of imide groups is 2. The smallest absolute Gasteiger partial charge is 0.335 e. The van der Waals surface area contributed by atoms with Crippen LogP contribution in [0.25, 0.3) is 6.08 Å². The van der Waals surface area contributed by atoms with Crippen molar-refractivity contribution in [3.05, 3.63) is 88.6 Å². The zero-order valence-electron chi connectivity index (χ0n) is 15.5. The summed E-state index contributed by atoms with van der Waals surface area (Å²) in [6.07, 6.45) is 1.33. The maximum atomic E-state index is 12.8. The van der Waals surface area contributed by atoms with E-state index >= 15 is 0 Å². The summed E-state index contributed by atoms with van der Waals surface area (Å²) in [6.45, 7) is 0. The van der Waals surface area contributed by atoms with Crippen LogP contribution in [0.3, 0.4) is 0 Å². The lowest BCUT2D eigenvalue weighted by Crippen LogP contribution is -2.54. The van der Waals surface area contributed by atoms with Crippen molar-refractivity contribution < 1.29 is 18.8 Å². The molecule has 2 aromatic carbocycles. The minimum atomic E-state index is -0.817. The van der Waals surface area contributed by atoms with Crippen LogP contribution < -0.4 is 10.2 Å². The number of urea groups is 1. The highest BCUT2D eigenvalue weighted by molar-refractivity contribution is 7.98. The van der Waals surface area contributed by atoms with E-state index in [1.807, 2.05) is 30.3 Å². The molecule has 1 N–H and O–H groups in total. The summed E-state index contributed by atoms with van der Waals surface area (Å²) in [4.78, 5) is 38.2. The van der Waals surface area contributed by atoms with Gasteiger partial charge in [0.05, 0.1) is 5.69 Å². The Kier molecular flexibility index (Phi) is 5.74. The minimum Gasteiger partial charge on any atom is -0.450 e. The number of furan rings is 1. The zero-order chi connectivity index (χ0) is 21.1. The van der Waals surface area contributed by atoms with Crippen LogP contribution in [0.4, 0.5) is 10.5 Å². The second-order valence-electron chi connectivity index (χ2n) is 6.37. The fraction of sp³-hybridized carbons (Fsp3) is 0.0455. The zero-order valence-corrected chi connectivity index (χ0v) is 17.1. The molecule has 0 aliphatic carbocycles. The summed E-state index contributed by atoms with van der Waals surface area (Å²) in [5, 5.41) is 3.29. The van der Waals surface area contributed by atoms with Gasteiger partial charge in [-0.2, -0.15) is 0 Å². The first-order chi connectivity index (χ1) is 14.5. The van der Waals surface area contributed by atoms with E-state index in [0.29, 0.717) is 21.6 Å². The van der Waals surface area contributed by atoms with E-state index in [1.165, 1.54) is 30.0 Å². The van der Waals surface area contributed by atoms with E-state index in [4.69, 9.17) is 16.0 Å². The molecule has 1 aliphatic heterocycles. The second-order valence-corrected chi connectivity index (χ2v) is 7.78. The van der Waals surface area contributed by atoms with Gasteiger partial charge in [0.15, 0.2) is 5.09 Å². The van der Waals surface area contributed by atoms with E-state index in [1.54, 1.807) is 24.3 Å². The van der Waals surface area contributed by atoms with Crippen LogP contribution in [0.5, 0.6) is 0 Å². The van der Waals surface area contributed by atoms with Crippen molar-refractivity contribution in [3.8, 4) is 0 Å². The van der Waals surface area contributed by atoms with Crippen molar-refractivity contribution in [1.29, 1.82) is 0 Å². The van der Waals surface area contributed by atoms with E-state index < -0.39 is 17.8 Å². The largest absolute Gasteiger partial charge is 0.450 e. The molecule has 0 spiro atoms. The summed E-state index contributed by atoms with van der Waals surface area (Å²) in [6, 6.07) is 18.7. The molecule has 1 aliphatic rings. The highest BCUT2D eigenvalue weighted by Gasteiger charge is 2.37. The molecule has 0 radical (unpaired) electrons. The van der Waals surface area contributed by atoms with Gasteiger partial charge in [-0.25, -0.2) is 9.69 Å². The molecular formula is C22H15ClN2O4S. The van der Waals surface area contributed by atoms with Crippen molar-refractivity contribution in [1.82, 2.24) is 5.32 Å². The molecule has 1 saturated heterocycles. The lowest BCUT2D eigenvalue weighted by atomic mass is 10.1. The Morgan fingerprint density at radius 3 is 2.43 bits per heavy atom. The average Bonchev–Trinajstić information content (AvgIpc) is 3.19. The third kappa shape index (κ3) is 4.32. The molecule has 6 nitrogen and oxygen atoms in total. The van der Waals surface area contributed by atoms with E-state index in [2.05, 4.69) is 5.32 Å². The number of benzene rings is 2. The molecule has 3 aromatic rings. The van der Waals surface area contributed by atoms with Gasteiger partial charge in [0.2, 0.25) is 0 Å². The van der Waals surface area contributed by atoms with E-state index in [0.717, 1.165) is 16.2 Å². The standard InChI is InChI=1S/C22H15ClN2O4S/c23-15-6-8-16(9-7-15)25-21(27)18(20(26)24-22(25)28)12-17-10-11-19(29-17)30-13-14-4-2-1-3-5-14/h1-12H,13H2,(H,24,26,28)/b18-12-. The van der Waals surface area contributed by atoms with Crippen molar-refractivity contribution in [3.63, 3.8) is 0 Å². The van der Waals surface area contributed by atoms with Crippen LogP contribution in [-0.4, -0.2) is 17.8 Å². The number of carbonyl (C=O) groups is 3. The molecule has 0 saturated carbocycles. The Bertz CT molecular complexity index is 1140. The van der Waals surface area contributed by atoms with Gasteiger partial charge >= 0.3 is 6.03 Å². The molecule has 4 amide bonds. The number of thioether (sulfide) groups is 1. The number of anilines is 1. The maximum Gasteiger partial charge on any atom is 0.335 e. The highest BCUT2D eigenvalue weighted by atomic mass is 35.5. The first kappa shape index (κ1) is 20.0. The third-order valence-electron chi connectivity index (χ3n) is 4.30. The van der Waals surface area contributed by atoms with Gasteiger partial charge in [-0.05, 0) is 48.0 Å². The minimum absolute atomic E-state index is 0.196. The second kappa shape index (κ2) is 8.61. The molecule has 0 bridgehead atoms. The molecule has 4 rings (SSSR count). The lowest BCUT2D eigenvalue weighted by Gasteiger charge is -2.26. The van der Waals surface area contributed by atoms with Gasteiger partial charge in [-0.3, -0.25) is 14.9 Å².